The number of para-hydroxylation sites is 1. The number of benzene rings is 2. The monoisotopic (exact) mass is 423 g/mol. The van der Waals surface area contributed by atoms with E-state index in [0.29, 0.717) is 43.4 Å². The quantitative estimate of drug-likeness (QED) is 0.796. The molecule has 1 saturated heterocycles. The van der Waals surface area contributed by atoms with Crippen LogP contribution in [-0.2, 0) is 12.7 Å². The number of rotatable bonds is 5. The second-order valence-corrected chi connectivity index (χ2v) is 6.83. The Kier molecular flexibility index (Phi) is 6.59. The zero-order chi connectivity index (χ0) is 21.7. The first kappa shape index (κ1) is 21.6. The summed E-state index contributed by atoms with van der Waals surface area (Å²) >= 11 is 0. The zero-order valence-corrected chi connectivity index (χ0v) is 16.8. The van der Waals surface area contributed by atoms with Crippen molar-refractivity contribution in [1.82, 2.24) is 10.2 Å². The number of hydrogen-bond acceptors (Lipinski definition) is 4. The summed E-state index contributed by atoms with van der Waals surface area (Å²) < 4.78 is 49.4. The molecule has 1 heterocycles. The van der Waals surface area contributed by atoms with Crippen LogP contribution in [0.5, 0.6) is 11.5 Å². The normalized spacial score (nSPS) is 14.4. The molecule has 0 atom stereocenters. The number of ether oxygens (including phenoxy) is 2. The average molecular weight is 423 g/mol. The topological polar surface area (TPSA) is 54.0 Å². The lowest BCUT2D eigenvalue weighted by Gasteiger charge is -2.36. The van der Waals surface area contributed by atoms with E-state index in [1.807, 2.05) is 17.0 Å². The van der Waals surface area contributed by atoms with Crippen molar-refractivity contribution in [2.24, 2.45) is 0 Å². The van der Waals surface area contributed by atoms with Crippen molar-refractivity contribution in [3.05, 3.63) is 53.6 Å². The van der Waals surface area contributed by atoms with Crippen LogP contribution in [0.3, 0.4) is 0 Å². The second kappa shape index (κ2) is 9.15. The maximum atomic E-state index is 12.9. The fourth-order valence-corrected chi connectivity index (χ4v) is 3.42. The number of carbonyl (C=O) groups is 1. The number of carbonyl (C=O) groups excluding carboxylic acids is 1. The number of nitrogens with one attached hydrogen (secondary N) is 1. The summed E-state index contributed by atoms with van der Waals surface area (Å²) in [7, 11) is 3.08. The minimum absolute atomic E-state index is 0.233. The number of alkyl halides is 3. The summed E-state index contributed by atoms with van der Waals surface area (Å²) in [6.45, 7) is 2.01. The molecule has 1 N–H and O–H groups in total. The highest BCUT2D eigenvalue weighted by Crippen LogP contribution is 2.32. The molecule has 0 bridgehead atoms. The van der Waals surface area contributed by atoms with Gasteiger partial charge in [-0.2, -0.15) is 13.2 Å². The molecule has 0 unspecified atom stereocenters. The first-order chi connectivity index (χ1) is 14.3. The Morgan fingerprint density at radius 1 is 1.03 bits per heavy atom. The summed E-state index contributed by atoms with van der Waals surface area (Å²) in [5, 5.41) is 2.86. The first-order valence-corrected chi connectivity index (χ1v) is 9.48. The summed E-state index contributed by atoms with van der Waals surface area (Å²) in [6, 6.07) is 10.5. The van der Waals surface area contributed by atoms with Gasteiger partial charge in [0, 0.05) is 44.0 Å². The molecule has 0 aliphatic carbocycles. The number of amides is 2. The molecule has 1 aliphatic rings. The van der Waals surface area contributed by atoms with Gasteiger partial charge in [0.25, 0.3) is 0 Å². The highest BCUT2D eigenvalue weighted by molar-refractivity contribution is 5.74. The molecule has 30 heavy (non-hydrogen) atoms. The van der Waals surface area contributed by atoms with Crippen molar-refractivity contribution in [1.29, 1.82) is 0 Å². The van der Waals surface area contributed by atoms with Crippen molar-refractivity contribution in [3.63, 3.8) is 0 Å². The van der Waals surface area contributed by atoms with Crippen molar-refractivity contribution < 1.29 is 27.4 Å². The number of urea groups is 1. The van der Waals surface area contributed by atoms with Gasteiger partial charge in [-0.3, -0.25) is 0 Å². The van der Waals surface area contributed by atoms with Crippen LogP contribution >= 0.6 is 0 Å². The van der Waals surface area contributed by atoms with Gasteiger partial charge >= 0.3 is 12.2 Å². The third kappa shape index (κ3) is 4.90. The predicted molar refractivity (Wildman–Crippen MR) is 107 cm³/mol. The molecular weight excluding hydrogens is 399 g/mol. The van der Waals surface area contributed by atoms with Crippen LogP contribution in [0.15, 0.2) is 42.5 Å². The molecule has 2 aromatic carbocycles. The fraction of sp³-hybridized carbons (Fsp3) is 0.381. The van der Waals surface area contributed by atoms with Crippen LogP contribution in [-0.4, -0.2) is 51.3 Å². The van der Waals surface area contributed by atoms with E-state index in [2.05, 4.69) is 5.32 Å². The lowest BCUT2D eigenvalue weighted by atomic mass is 10.1. The third-order valence-corrected chi connectivity index (χ3v) is 5.02. The van der Waals surface area contributed by atoms with Crippen LogP contribution in [0.1, 0.15) is 11.1 Å². The number of anilines is 1. The number of piperazine rings is 1. The van der Waals surface area contributed by atoms with Crippen molar-refractivity contribution in [3.8, 4) is 11.5 Å². The van der Waals surface area contributed by atoms with E-state index >= 15 is 0 Å². The average Bonchev–Trinajstić information content (AvgIpc) is 2.76. The minimum Gasteiger partial charge on any atom is -0.493 e. The van der Waals surface area contributed by atoms with E-state index in [1.54, 1.807) is 24.1 Å². The Morgan fingerprint density at radius 2 is 1.73 bits per heavy atom. The van der Waals surface area contributed by atoms with Gasteiger partial charge in [0.2, 0.25) is 0 Å². The number of methoxy groups -OCH3 is 2. The second-order valence-electron chi connectivity index (χ2n) is 6.83. The third-order valence-electron chi connectivity index (χ3n) is 5.02. The van der Waals surface area contributed by atoms with Crippen LogP contribution in [0.2, 0.25) is 0 Å². The fourth-order valence-electron chi connectivity index (χ4n) is 3.42. The lowest BCUT2D eigenvalue weighted by Crippen LogP contribution is -2.51. The maximum Gasteiger partial charge on any atom is 0.416 e. The van der Waals surface area contributed by atoms with Crippen LogP contribution in [0, 0.1) is 0 Å². The van der Waals surface area contributed by atoms with Gasteiger partial charge < -0.3 is 24.6 Å². The van der Waals surface area contributed by atoms with E-state index in [-0.39, 0.29) is 12.6 Å². The van der Waals surface area contributed by atoms with E-state index < -0.39 is 11.7 Å². The number of hydrogen-bond donors (Lipinski definition) is 1. The molecule has 0 radical (unpaired) electrons. The molecule has 0 saturated carbocycles. The van der Waals surface area contributed by atoms with E-state index in [9.17, 15) is 18.0 Å². The van der Waals surface area contributed by atoms with Crippen molar-refractivity contribution >= 4 is 11.7 Å². The molecule has 6 nitrogen and oxygen atoms in total. The first-order valence-electron chi connectivity index (χ1n) is 9.48. The predicted octanol–water partition coefficient (Wildman–Crippen LogP) is 3.75. The van der Waals surface area contributed by atoms with Gasteiger partial charge in [0.1, 0.15) is 0 Å². The Hall–Kier alpha value is -3.10. The summed E-state index contributed by atoms with van der Waals surface area (Å²) in [5.41, 5.74) is 0.617. The van der Waals surface area contributed by atoms with Gasteiger partial charge in [-0.05, 0) is 24.3 Å². The molecule has 1 fully saturated rings. The highest BCUT2D eigenvalue weighted by Gasteiger charge is 2.31. The minimum atomic E-state index is -4.38. The standard InChI is InChI=1S/C21H24F3N3O3/c1-29-18-8-3-5-15(19(18)30-2)14-25-20(28)27-11-9-26(10-12-27)17-7-4-6-16(13-17)21(22,23)24/h3-8,13H,9-12,14H2,1-2H3,(H,25,28). The Labute approximate surface area is 173 Å². The van der Waals surface area contributed by atoms with Gasteiger partial charge in [-0.1, -0.05) is 18.2 Å². The van der Waals surface area contributed by atoms with Crippen molar-refractivity contribution in [2.75, 3.05) is 45.3 Å². The molecule has 2 amide bonds. The van der Waals surface area contributed by atoms with Gasteiger partial charge in [0.05, 0.1) is 19.8 Å². The SMILES string of the molecule is COc1cccc(CNC(=O)N2CCN(c3cccc(C(F)(F)F)c3)CC2)c1OC. The van der Waals surface area contributed by atoms with Gasteiger partial charge in [-0.15, -0.1) is 0 Å². The van der Waals surface area contributed by atoms with Crippen LogP contribution in [0.25, 0.3) is 0 Å². The largest absolute Gasteiger partial charge is 0.493 e. The van der Waals surface area contributed by atoms with E-state index in [0.717, 1.165) is 17.7 Å². The molecule has 3 rings (SSSR count). The van der Waals surface area contributed by atoms with Gasteiger partial charge in [-0.25, -0.2) is 4.79 Å². The molecule has 0 aromatic heterocycles. The summed E-state index contributed by atoms with van der Waals surface area (Å²) in [4.78, 5) is 16.0. The molecule has 162 valence electrons. The maximum absolute atomic E-state index is 12.9. The van der Waals surface area contributed by atoms with E-state index in [1.165, 1.54) is 13.2 Å². The Morgan fingerprint density at radius 3 is 2.37 bits per heavy atom. The lowest BCUT2D eigenvalue weighted by molar-refractivity contribution is -0.137. The molecular formula is C21H24F3N3O3. The Bertz CT molecular complexity index is 881. The zero-order valence-electron chi connectivity index (χ0n) is 16.8. The molecule has 0 spiro atoms. The molecule has 9 heteroatoms. The molecule has 2 aromatic rings. The van der Waals surface area contributed by atoms with Crippen molar-refractivity contribution in [2.45, 2.75) is 12.7 Å². The van der Waals surface area contributed by atoms with E-state index in [4.69, 9.17) is 9.47 Å². The molecule has 1 aliphatic heterocycles. The number of halogens is 3. The number of nitrogens with zero attached hydrogens (tertiary/aromatic N) is 2. The van der Waals surface area contributed by atoms with Gasteiger partial charge in [0.15, 0.2) is 11.5 Å². The van der Waals surface area contributed by atoms with Crippen LogP contribution < -0.4 is 19.7 Å². The smallest absolute Gasteiger partial charge is 0.416 e. The van der Waals surface area contributed by atoms with Crippen LogP contribution in [0.4, 0.5) is 23.7 Å². The summed E-state index contributed by atoms with van der Waals surface area (Å²) in [6.07, 6.45) is -4.38. The Balaban J connectivity index is 1.56. The highest BCUT2D eigenvalue weighted by atomic mass is 19.4. The summed E-state index contributed by atoms with van der Waals surface area (Å²) in [5.74, 6) is 1.15.